The number of carbonyl (C=O) groups is 1. The number of hydrogen-bond donors (Lipinski definition) is 3. The quantitative estimate of drug-likeness (QED) is 0.425. The second kappa shape index (κ2) is 13.6. The highest BCUT2D eigenvalue weighted by molar-refractivity contribution is 5.97. The van der Waals surface area contributed by atoms with Crippen molar-refractivity contribution in [3.8, 4) is 0 Å². The fourth-order valence-electron chi connectivity index (χ4n) is 6.61. The molecule has 1 aromatic heterocycles. The summed E-state index contributed by atoms with van der Waals surface area (Å²) in [5.74, 6) is 0.470. The van der Waals surface area contributed by atoms with Gasteiger partial charge in [-0.3, -0.25) is 9.69 Å². The molecule has 6 rings (SSSR count). The van der Waals surface area contributed by atoms with E-state index in [9.17, 15) is 4.79 Å². The van der Waals surface area contributed by atoms with E-state index in [1.165, 1.54) is 44.7 Å². The molecule has 43 heavy (non-hydrogen) atoms. The highest BCUT2D eigenvalue weighted by atomic mass is 16.5. The molecule has 1 aromatic carbocycles. The van der Waals surface area contributed by atoms with Crippen molar-refractivity contribution >= 4 is 34.5 Å². The Labute approximate surface area is 255 Å². The number of nitrogens with two attached hydrogens (primary N) is 1. The summed E-state index contributed by atoms with van der Waals surface area (Å²) in [6.07, 6.45) is 7.21. The normalized spacial score (nSPS) is 21.9. The first-order valence-electron chi connectivity index (χ1n) is 15.9. The summed E-state index contributed by atoms with van der Waals surface area (Å²) in [5.41, 5.74) is 9.88. The first kappa shape index (κ1) is 29.8. The molecule has 1 amide bonds. The number of aromatic nitrogens is 2. The molecule has 3 fully saturated rings. The fraction of sp³-hybridized carbons (Fsp3) is 0.594. The van der Waals surface area contributed by atoms with Crippen LogP contribution < -0.4 is 21.3 Å². The monoisotopic (exact) mass is 589 g/mol. The number of benzene rings is 1. The molecule has 2 aromatic rings. The number of carbonyl (C=O) groups excluding carboxylic acids is 1. The zero-order valence-corrected chi connectivity index (χ0v) is 25.7. The predicted octanol–water partition coefficient (Wildman–Crippen LogP) is 2.85. The van der Waals surface area contributed by atoms with Gasteiger partial charge in [0.25, 0.3) is 5.91 Å². The maximum atomic E-state index is 12.6. The Balaban J connectivity index is 1.17. The van der Waals surface area contributed by atoms with Crippen molar-refractivity contribution in [2.75, 3.05) is 95.2 Å². The van der Waals surface area contributed by atoms with Gasteiger partial charge in [-0.1, -0.05) is 6.08 Å². The third kappa shape index (κ3) is 7.29. The standard InChI is InChI=1S/C32H47N9O2/c1-38-13-7-23(8-14-38)28-31(35-25-11-21-43-22-12-25)37-32(29(36-28)30(33)42)34-24-3-5-26(6-4-24)40-15-9-27(10-16-40)41-19-17-39(2)18-20-41/h3-7,25,27H,8-22H2,1-2H3,(H2,33,42)(H2,34,35,37). The number of primary amides is 1. The lowest BCUT2D eigenvalue weighted by molar-refractivity contribution is 0.0904. The van der Waals surface area contributed by atoms with Crippen LogP contribution in [0.25, 0.3) is 5.57 Å². The molecule has 0 spiro atoms. The van der Waals surface area contributed by atoms with Gasteiger partial charge in [-0.2, -0.15) is 0 Å². The van der Waals surface area contributed by atoms with E-state index in [4.69, 9.17) is 20.4 Å². The van der Waals surface area contributed by atoms with Crippen LogP contribution in [0.3, 0.4) is 0 Å². The molecular formula is C32H47N9O2. The lowest BCUT2D eigenvalue weighted by Gasteiger charge is -2.42. The average molecular weight is 590 g/mol. The highest BCUT2D eigenvalue weighted by Crippen LogP contribution is 2.32. The van der Waals surface area contributed by atoms with Crippen LogP contribution in [0.1, 0.15) is 48.3 Å². The molecule has 11 nitrogen and oxygen atoms in total. The molecule has 11 heteroatoms. The maximum absolute atomic E-state index is 12.6. The van der Waals surface area contributed by atoms with Crippen molar-refractivity contribution in [1.29, 1.82) is 0 Å². The molecule has 3 saturated heterocycles. The first-order chi connectivity index (χ1) is 20.9. The SMILES string of the molecule is CN1CC=C(c2nc(C(N)=O)c(Nc3ccc(N4CCC(N5CCN(C)CC5)CC4)cc3)nc2NC2CCOCC2)CC1. The van der Waals surface area contributed by atoms with Crippen molar-refractivity contribution in [3.63, 3.8) is 0 Å². The van der Waals surface area contributed by atoms with E-state index in [1.54, 1.807) is 0 Å². The van der Waals surface area contributed by atoms with E-state index in [0.29, 0.717) is 23.4 Å². The van der Waals surface area contributed by atoms with Crippen LogP contribution in [0.15, 0.2) is 30.3 Å². The van der Waals surface area contributed by atoms with Gasteiger partial charge in [0, 0.05) is 89.0 Å². The van der Waals surface area contributed by atoms with Gasteiger partial charge in [-0.05, 0) is 76.0 Å². The minimum Gasteiger partial charge on any atom is -0.381 e. The lowest BCUT2D eigenvalue weighted by atomic mass is 10.0. The third-order valence-corrected chi connectivity index (χ3v) is 9.42. The Bertz CT molecular complexity index is 1280. The molecule has 4 aliphatic rings. The Morgan fingerprint density at radius 3 is 2.26 bits per heavy atom. The molecule has 5 heterocycles. The second-order valence-corrected chi connectivity index (χ2v) is 12.5. The van der Waals surface area contributed by atoms with Crippen molar-refractivity contribution in [3.05, 3.63) is 41.7 Å². The number of amides is 1. The molecule has 0 aliphatic carbocycles. The number of rotatable bonds is 8. The Morgan fingerprint density at radius 1 is 0.884 bits per heavy atom. The van der Waals surface area contributed by atoms with E-state index >= 15 is 0 Å². The molecular weight excluding hydrogens is 542 g/mol. The Hall–Kier alpha value is -3.25. The van der Waals surface area contributed by atoms with E-state index in [0.717, 1.165) is 69.9 Å². The smallest absolute Gasteiger partial charge is 0.271 e. The Kier molecular flexibility index (Phi) is 9.42. The molecule has 0 saturated carbocycles. The zero-order valence-electron chi connectivity index (χ0n) is 25.7. The second-order valence-electron chi connectivity index (χ2n) is 12.5. The van der Waals surface area contributed by atoms with E-state index < -0.39 is 5.91 Å². The van der Waals surface area contributed by atoms with Gasteiger partial charge in [0.1, 0.15) is 5.69 Å². The summed E-state index contributed by atoms with van der Waals surface area (Å²) in [5, 5.41) is 6.98. The van der Waals surface area contributed by atoms with Gasteiger partial charge in [0.15, 0.2) is 17.3 Å². The number of anilines is 4. The van der Waals surface area contributed by atoms with Gasteiger partial charge in [0.2, 0.25) is 0 Å². The number of hydrogen-bond acceptors (Lipinski definition) is 10. The molecule has 4 aliphatic heterocycles. The lowest BCUT2D eigenvalue weighted by Crippen LogP contribution is -2.52. The number of ether oxygens (including phenoxy) is 1. The summed E-state index contributed by atoms with van der Waals surface area (Å²) >= 11 is 0. The maximum Gasteiger partial charge on any atom is 0.271 e. The van der Waals surface area contributed by atoms with Gasteiger partial charge in [-0.15, -0.1) is 0 Å². The van der Waals surface area contributed by atoms with E-state index in [-0.39, 0.29) is 11.7 Å². The average Bonchev–Trinajstić information content (AvgIpc) is 3.03. The van der Waals surface area contributed by atoms with Gasteiger partial charge >= 0.3 is 0 Å². The molecule has 4 N–H and O–H groups in total. The summed E-state index contributed by atoms with van der Waals surface area (Å²) in [6.45, 7) is 10.0. The molecule has 0 bridgehead atoms. The number of piperazine rings is 1. The van der Waals surface area contributed by atoms with Crippen LogP contribution in [-0.2, 0) is 4.74 Å². The summed E-state index contributed by atoms with van der Waals surface area (Å²) in [6, 6.07) is 9.32. The van der Waals surface area contributed by atoms with Crippen molar-refractivity contribution in [1.82, 2.24) is 24.7 Å². The van der Waals surface area contributed by atoms with Crippen LogP contribution in [0.5, 0.6) is 0 Å². The van der Waals surface area contributed by atoms with E-state index in [1.807, 2.05) is 12.1 Å². The zero-order chi connectivity index (χ0) is 29.8. The number of nitrogens with zero attached hydrogens (tertiary/aromatic N) is 6. The minimum atomic E-state index is -0.595. The summed E-state index contributed by atoms with van der Waals surface area (Å²) in [7, 11) is 4.32. The van der Waals surface area contributed by atoms with Crippen molar-refractivity contribution < 1.29 is 9.53 Å². The predicted molar refractivity (Wildman–Crippen MR) is 172 cm³/mol. The van der Waals surface area contributed by atoms with Crippen LogP contribution in [-0.4, -0.2) is 122 Å². The van der Waals surface area contributed by atoms with Crippen LogP contribution in [0, 0.1) is 0 Å². The molecule has 0 unspecified atom stereocenters. The van der Waals surface area contributed by atoms with Crippen LogP contribution in [0.4, 0.5) is 23.0 Å². The van der Waals surface area contributed by atoms with Crippen LogP contribution in [0.2, 0.25) is 0 Å². The van der Waals surface area contributed by atoms with Gasteiger partial charge in [0.05, 0.1) is 0 Å². The number of likely N-dealkylation sites (N-methyl/N-ethyl adjacent to an activating group) is 2. The highest BCUT2D eigenvalue weighted by Gasteiger charge is 2.27. The van der Waals surface area contributed by atoms with E-state index in [2.05, 4.69) is 62.5 Å². The first-order valence-corrected chi connectivity index (χ1v) is 15.9. The van der Waals surface area contributed by atoms with Crippen LogP contribution >= 0.6 is 0 Å². The minimum absolute atomic E-state index is 0.155. The molecule has 0 atom stereocenters. The third-order valence-electron chi connectivity index (χ3n) is 9.42. The summed E-state index contributed by atoms with van der Waals surface area (Å²) in [4.78, 5) is 32.2. The summed E-state index contributed by atoms with van der Waals surface area (Å²) < 4.78 is 5.57. The van der Waals surface area contributed by atoms with Gasteiger partial charge < -0.3 is 35.8 Å². The number of nitrogens with one attached hydrogen (secondary N) is 2. The number of piperidine rings is 1. The van der Waals surface area contributed by atoms with Gasteiger partial charge in [-0.25, -0.2) is 9.97 Å². The topological polar surface area (TPSA) is 115 Å². The molecule has 232 valence electrons. The fourth-order valence-corrected chi connectivity index (χ4v) is 6.61. The molecule has 0 radical (unpaired) electrons. The Morgan fingerprint density at radius 2 is 1.60 bits per heavy atom. The van der Waals surface area contributed by atoms with Crippen molar-refractivity contribution in [2.45, 2.75) is 44.2 Å². The van der Waals surface area contributed by atoms with Crippen molar-refractivity contribution in [2.24, 2.45) is 5.73 Å². The largest absolute Gasteiger partial charge is 0.381 e.